The van der Waals surface area contributed by atoms with Gasteiger partial charge < -0.3 is 10.2 Å². The van der Waals surface area contributed by atoms with Crippen molar-refractivity contribution in [3.63, 3.8) is 0 Å². The molecule has 0 spiro atoms. The van der Waals surface area contributed by atoms with Gasteiger partial charge in [-0.15, -0.1) is 0 Å². The topological polar surface area (TPSA) is 86.8 Å². The molecule has 0 bridgehead atoms. The van der Waals surface area contributed by atoms with Gasteiger partial charge in [0.2, 0.25) is 21.8 Å². The fourth-order valence-corrected chi connectivity index (χ4v) is 4.46. The van der Waals surface area contributed by atoms with Gasteiger partial charge in [-0.3, -0.25) is 13.9 Å². The van der Waals surface area contributed by atoms with Crippen molar-refractivity contribution in [3.05, 3.63) is 64.2 Å². The number of benzene rings is 2. The van der Waals surface area contributed by atoms with Crippen LogP contribution in [-0.2, 0) is 26.2 Å². The lowest BCUT2D eigenvalue weighted by Gasteiger charge is -2.32. The number of carbonyl (C=O) groups excluding carboxylic acids is 2. The third kappa shape index (κ3) is 7.20. The summed E-state index contributed by atoms with van der Waals surface area (Å²) in [4.78, 5) is 27.7. The molecule has 2 aromatic rings. The van der Waals surface area contributed by atoms with Crippen molar-refractivity contribution in [3.8, 4) is 0 Å². The molecular formula is C24H32ClN3O4S. The molecule has 0 aromatic heterocycles. The number of rotatable bonds is 10. The van der Waals surface area contributed by atoms with Crippen LogP contribution in [-0.4, -0.2) is 50.5 Å². The first kappa shape index (κ1) is 26.7. The summed E-state index contributed by atoms with van der Waals surface area (Å²) in [5.41, 5.74) is 2.85. The summed E-state index contributed by atoms with van der Waals surface area (Å²) in [5, 5.41) is 3.18. The number of aryl methyl sites for hydroxylation is 2. The van der Waals surface area contributed by atoms with E-state index in [-0.39, 0.29) is 12.5 Å². The van der Waals surface area contributed by atoms with Gasteiger partial charge in [-0.05, 0) is 56.0 Å². The van der Waals surface area contributed by atoms with Crippen LogP contribution in [0.2, 0.25) is 5.02 Å². The van der Waals surface area contributed by atoms with Gasteiger partial charge in [-0.2, -0.15) is 0 Å². The Labute approximate surface area is 201 Å². The predicted octanol–water partition coefficient (Wildman–Crippen LogP) is 3.67. The molecular weight excluding hydrogens is 462 g/mol. The molecule has 2 amide bonds. The molecule has 1 N–H and O–H groups in total. The number of sulfonamides is 1. The molecule has 7 nitrogen and oxygen atoms in total. The molecule has 0 radical (unpaired) electrons. The third-order valence-electron chi connectivity index (χ3n) is 5.44. The van der Waals surface area contributed by atoms with Crippen LogP contribution in [0, 0.1) is 13.8 Å². The molecule has 0 aliphatic heterocycles. The first-order chi connectivity index (χ1) is 15.5. The molecule has 0 fully saturated rings. The minimum Gasteiger partial charge on any atom is -0.354 e. The average Bonchev–Trinajstić information content (AvgIpc) is 2.75. The predicted molar refractivity (Wildman–Crippen MR) is 133 cm³/mol. The van der Waals surface area contributed by atoms with Crippen molar-refractivity contribution in [1.82, 2.24) is 10.2 Å². The molecule has 2 rings (SSSR count). The van der Waals surface area contributed by atoms with E-state index >= 15 is 0 Å². The van der Waals surface area contributed by atoms with Crippen molar-refractivity contribution in [1.29, 1.82) is 0 Å². The fourth-order valence-electron chi connectivity index (χ4n) is 3.40. The second-order valence-corrected chi connectivity index (χ2v) is 10.5. The Bertz CT molecular complexity index is 1100. The summed E-state index contributed by atoms with van der Waals surface area (Å²) in [6.07, 6.45) is 1.81. The van der Waals surface area contributed by atoms with Gasteiger partial charge in [0.25, 0.3) is 0 Å². The fraction of sp³-hybridized carbons (Fsp3) is 0.417. The van der Waals surface area contributed by atoms with E-state index in [0.717, 1.165) is 28.1 Å². The number of hydrogen-bond donors (Lipinski definition) is 1. The van der Waals surface area contributed by atoms with Crippen LogP contribution in [0.15, 0.2) is 42.5 Å². The lowest BCUT2D eigenvalue weighted by Crippen LogP contribution is -2.51. The summed E-state index contributed by atoms with van der Waals surface area (Å²) in [7, 11) is -3.80. The zero-order valence-electron chi connectivity index (χ0n) is 19.8. The Kier molecular flexibility index (Phi) is 9.31. The first-order valence-corrected chi connectivity index (χ1v) is 13.0. The normalized spacial score (nSPS) is 12.2. The maximum Gasteiger partial charge on any atom is 0.244 e. The molecule has 0 unspecified atom stereocenters. The number of halogens is 1. The molecule has 0 aliphatic carbocycles. The highest BCUT2D eigenvalue weighted by atomic mass is 35.5. The van der Waals surface area contributed by atoms with Crippen LogP contribution >= 0.6 is 11.6 Å². The van der Waals surface area contributed by atoms with E-state index in [4.69, 9.17) is 11.6 Å². The average molecular weight is 494 g/mol. The lowest BCUT2D eigenvalue weighted by molar-refractivity contribution is -0.139. The van der Waals surface area contributed by atoms with E-state index in [9.17, 15) is 18.0 Å². The Hall–Kier alpha value is -2.58. The Morgan fingerprint density at radius 1 is 1.09 bits per heavy atom. The van der Waals surface area contributed by atoms with Gasteiger partial charge in [-0.25, -0.2) is 8.42 Å². The highest BCUT2D eigenvalue weighted by Gasteiger charge is 2.30. The molecule has 0 saturated carbocycles. The highest BCUT2D eigenvalue weighted by molar-refractivity contribution is 7.92. The molecule has 0 heterocycles. The van der Waals surface area contributed by atoms with Gasteiger partial charge in [0.1, 0.15) is 12.6 Å². The van der Waals surface area contributed by atoms with Crippen molar-refractivity contribution in [2.75, 3.05) is 23.7 Å². The number of carbonyl (C=O) groups is 2. The second kappa shape index (κ2) is 11.5. The lowest BCUT2D eigenvalue weighted by atomic mass is 10.1. The zero-order chi connectivity index (χ0) is 24.8. The SMILES string of the molecule is CCCNC(=O)[C@@H](C)N(Cc1ccccc1C)C(=O)CN(c1cc(Cl)ccc1C)S(C)(=O)=O. The summed E-state index contributed by atoms with van der Waals surface area (Å²) in [6, 6.07) is 11.7. The molecule has 33 heavy (non-hydrogen) atoms. The van der Waals surface area contributed by atoms with E-state index in [1.165, 1.54) is 11.0 Å². The molecule has 0 aliphatic rings. The Morgan fingerprint density at radius 2 is 1.76 bits per heavy atom. The van der Waals surface area contributed by atoms with Gasteiger partial charge in [0.15, 0.2) is 0 Å². The molecule has 2 aromatic carbocycles. The van der Waals surface area contributed by atoms with Crippen LogP contribution in [0.5, 0.6) is 0 Å². The quantitative estimate of drug-likeness (QED) is 0.547. The maximum atomic E-state index is 13.5. The summed E-state index contributed by atoms with van der Waals surface area (Å²) in [5.74, 6) is -0.772. The standard InChI is InChI=1S/C24H32ClN3O4S/c1-6-13-26-24(30)19(4)27(15-20-10-8-7-9-17(20)2)23(29)16-28(33(5,31)32)22-14-21(25)12-11-18(22)3/h7-12,14,19H,6,13,15-16H2,1-5H3,(H,26,30)/t19-/m1/s1. The largest absolute Gasteiger partial charge is 0.354 e. The first-order valence-electron chi connectivity index (χ1n) is 10.8. The minimum absolute atomic E-state index is 0.179. The second-order valence-electron chi connectivity index (χ2n) is 8.12. The number of amides is 2. The monoisotopic (exact) mass is 493 g/mol. The van der Waals surface area contributed by atoms with Crippen molar-refractivity contribution in [2.45, 2.75) is 46.7 Å². The van der Waals surface area contributed by atoms with Crippen LogP contribution in [0.1, 0.15) is 37.0 Å². The van der Waals surface area contributed by atoms with Crippen LogP contribution < -0.4 is 9.62 Å². The third-order valence-corrected chi connectivity index (χ3v) is 6.80. The van der Waals surface area contributed by atoms with Gasteiger partial charge >= 0.3 is 0 Å². The summed E-state index contributed by atoms with van der Waals surface area (Å²) in [6.45, 7) is 7.50. The van der Waals surface area contributed by atoms with Crippen LogP contribution in [0.4, 0.5) is 5.69 Å². The summed E-state index contributed by atoms with van der Waals surface area (Å²) < 4.78 is 26.3. The maximum absolute atomic E-state index is 13.5. The number of hydrogen-bond acceptors (Lipinski definition) is 4. The van der Waals surface area contributed by atoms with E-state index in [1.54, 1.807) is 26.0 Å². The van der Waals surface area contributed by atoms with Gasteiger partial charge in [0.05, 0.1) is 11.9 Å². The van der Waals surface area contributed by atoms with E-state index in [2.05, 4.69) is 5.32 Å². The number of nitrogens with zero attached hydrogens (tertiary/aromatic N) is 2. The van der Waals surface area contributed by atoms with Crippen LogP contribution in [0.3, 0.4) is 0 Å². The molecule has 0 saturated heterocycles. The van der Waals surface area contributed by atoms with E-state index in [0.29, 0.717) is 22.8 Å². The molecule has 1 atom stereocenters. The van der Waals surface area contributed by atoms with Crippen molar-refractivity contribution >= 4 is 39.1 Å². The molecule has 180 valence electrons. The number of nitrogens with one attached hydrogen (secondary N) is 1. The van der Waals surface area contributed by atoms with E-state index < -0.39 is 28.5 Å². The summed E-state index contributed by atoms with van der Waals surface area (Å²) >= 11 is 6.11. The molecule has 9 heteroatoms. The van der Waals surface area contributed by atoms with Gasteiger partial charge in [0, 0.05) is 18.1 Å². The van der Waals surface area contributed by atoms with E-state index in [1.807, 2.05) is 38.1 Å². The number of anilines is 1. The highest BCUT2D eigenvalue weighted by Crippen LogP contribution is 2.27. The van der Waals surface area contributed by atoms with Gasteiger partial charge in [-0.1, -0.05) is 48.9 Å². The Balaban J connectivity index is 2.43. The smallest absolute Gasteiger partial charge is 0.244 e. The minimum atomic E-state index is -3.80. The van der Waals surface area contributed by atoms with Crippen molar-refractivity contribution < 1.29 is 18.0 Å². The zero-order valence-corrected chi connectivity index (χ0v) is 21.3. The van der Waals surface area contributed by atoms with Crippen LogP contribution in [0.25, 0.3) is 0 Å². The Morgan fingerprint density at radius 3 is 2.36 bits per heavy atom. The van der Waals surface area contributed by atoms with Crippen molar-refractivity contribution in [2.24, 2.45) is 0 Å².